The summed E-state index contributed by atoms with van der Waals surface area (Å²) in [6, 6.07) is 7.97. The fourth-order valence-corrected chi connectivity index (χ4v) is 2.13. The molecule has 1 N–H and O–H groups in total. The van der Waals surface area contributed by atoms with Gasteiger partial charge in [0.15, 0.2) is 0 Å². The normalized spacial score (nSPS) is 21.4. The van der Waals surface area contributed by atoms with Crippen LogP contribution in [0.1, 0.15) is 5.56 Å². The molecule has 0 radical (unpaired) electrons. The number of nitrogens with one attached hydrogen (secondary N) is 1. The lowest BCUT2D eigenvalue weighted by molar-refractivity contribution is 0.128. The highest BCUT2D eigenvalue weighted by molar-refractivity contribution is 5.27. The topological polar surface area (TPSA) is 24.5 Å². The smallest absolute Gasteiger partial charge is 0.118 e. The van der Waals surface area contributed by atoms with E-state index in [-0.39, 0.29) is 12.7 Å². The van der Waals surface area contributed by atoms with E-state index < -0.39 is 0 Å². The van der Waals surface area contributed by atoms with Crippen molar-refractivity contribution in [1.82, 2.24) is 10.2 Å². The van der Waals surface area contributed by atoms with Crippen molar-refractivity contribution in [3.8, 4) is 5.75 Å². The number of hydrogen-bond donors (Lipinski definition) is 1. The number of rotatable bonds is 4. The molecule has 1 aliphatic heterocycles. The van der Waals surface area contributed by atoms with Crippen LogP contribution in [0.3, 0.4) is 0 Å². The van der Waals surface area contributed by atoms with Gasteiger partial charge in [0, 0.05) is 26.2 Å². The average Bonchev–Trinajstić information content (AvgIpc) is 2.40. The Bertz CT molecular complexity index is 342. The standard InChI is InChI=1S/C13H19FN2O/c1-17-13-4-2-11(3-5-13)10-16-7-6-15-9-12(16)8-14/h2-5,12,15H,6-10H2,1H3/t12-/m0/s1. The van der Waals surface area contributed by atoms with Crippen LogP contribution < -0.4 is 10.1 Å². The molecular weight excluding hydrogens is 219 g/mol. The minimum Gasteiger partial charge on any atom is -0.497 e. The number of hydrogen-bond acceptors (Lipinski definition) is 3. The zero-order chi connectivity index (χ0) is 12.1. The van der Waals surface area contributed by atoms with E-state index in [1.807, 2.05) is 24.3 Å². The van der Waals surface area contributed by atoms with Crippen molar-refractivity contribution in [2.24, 2.45) is 0 Å². The molecule has 1 aromatic carbocycles. The van der Waals surface area contributed by atoms with Crippen molar-refractivity contribution in [3.63, 3.8) is 0 Å². The lowest BCUT2D eigenvalue weighted by atomic mass is 10.1. The molecule has 94 valence electrons. The van der Waals surface area contributed by atoms with Crippen LogP contribution in [0.25, 0.3) is 0 Å². The SMILES string of the molecule is COc1ccc(CN2CCNC[C@@H]2CF)cc1. The van der Waals surface area contributed by atoms with Gasteiger partial charge in [-0.05, 0) is 17.7 Å². The van der Waals surface area contributed by atoms with Crippen molar-refractivity contribution in [3.05, 3.63) is 29.8 Å². The van der Waals surface area contributed by atoms with Crippen molar-refractivity contribution in [1.29, 1.82) is 0 Å². The molecular formula is C13H19FN2O. The average molecular weight is 238 g/mol. The lowest BCUT2D eigenvalue weighted by Gasteiger charge is -2.34. The molecule has 1 atom stereocenters. The van der Waals surface area contributed by atoms with E-state index in [4.69, 9.17) is 4.74 Å². The minimum atomic E-state index is -0.289. The third-order valence-corrected chi connectivity index (χ3v) is 3.19. The Kier molecular flexibility index (Phi) is 4.34. The van der Waals surface area contributed by atoms with Gasteiger partial charge in [-0.1, -0.05) is 12.1 Å². The molecule has 0 aliphatic carbocycles. The van der Waals surface area contributed by atoms with Crippen LogP contribution in [-0.2, 0) is 6.54 Å². The van der Waals surface area contributed by atoms with Gasteiger partial charge in [-0.2, -0.15) is 0 Å². The summed E-state index contributed by atoms with van der Waals surface area (Å²) >= 11 is 0. The second kappa shape index (κ2) is 5.98. The number of methoxy groups -OCH3 is 1. The molecule has 1 aromatic rings. The Morgan fingerprint density at radius 2 is 2.18 bits per heavy atom. The Hall–Kier alpha value is -1.13. The quantitative estimate of drug-likeness (QED) is 0.859. The monoisotopic (exact) mass is 238 g/mol. The first kappa shape index (κ1) is 12.3. The number of alkyl halides is 1. The summed E-state index contributed by atoms with van der Waals surface area (Å²) in [6.07, 6.45) is 0. The molecule has 0 aromatic heterocycles. The van der Waals surface area contributed by atoms with Crippen LogP contribution in [0.5, 0.6) is 5.75 Å². The Labute approximate surface area is 102 Å². The molecule has 0 amide bonds. The lowest BCUT2D eigenvalue weighted by Crippen LogP contribution is -2.51. The fourth-order valence-electron chi connectivity index (χ4n) is 2.13. The molecule has 0 bridgehead atoms. The summed E-state index contributed by atoms with van der Waals surface area (Å²) < 4.78 is 18.0. The van der Waals surface area contributed by atoms with Crippen LogP contribution in [0.15, 0.2) is 24.3 Å². The van der Waals surface area contributed by atoms with Gasteiger partial charge in [-0.3, -0.25) is 4.90 Å². The summed E-state index contributed by atoms with van der Waals surface area (Å²) in [5, 5.41) is 3.22. The van der Waals surface area contributed by atoms with E-state index >= 15 is 0 Å². The third-order valence-electron chi connectivity index (χ3n) is 3.19. The maximum atomic E-state index is 12.8. The zero-order valence-electron chi connectivity index (χ0n) is 10.2. The maximum absolute atomic E-state index is 12.8. The summed E-state index contributed by atoms with van der Waals surface area (Å²) in [5.74, 6) is 0.858. The van der Waals surface area contributed by atoms with Gasteiger partial charge in [-0.25, -0.2) is 4.39 Å². The predicted molar refractivity (Wildman–Crippen MR) is 66.0 cm³/mol. The molecule has 0 spiro atoms. The van der Waals surface area contributed by atoms with E-state index in [9.17, 15) is 4.39 Å². The van der Waals surface area contributed by atoms with Crippen LogP contribution in [-0.4, -0.2) is 44.4 Å². The number of halogens is 1. The predicted octanol–water partition coefficient (Wildman–Crippen LogP) is 1.44. The molecule has 0 saturated carbocycles. The largest absolute Gasteiger partial charge is 0.497 e. The highest BCUT2D eigenvalue weighted by atomic mass is 19.1. The Morgan fingerprint density at radius 3 is 2.82 bits per heavy atom. The van der Waals surface area contributed by atoms with Gasteiger partial charge < -0.3 is 10.1 Å². The first-order valence-corrected chi connectivity index (χ1v) is 5.97. The van der Waals surface area contributed by atoms with E-state index in [0.717, 1.165) is 31.9 Å². The van der Waals surface area contributed by atoms with Crippen LogP contribution in [0.2, 0.25) is 0 Å². The van der Waals surface area contributed by atoms with Gasteiger partial charge in [0.1, 0.15) is 12.4 Å². The molecule has 2 rings (SSSR count). The highest BCUT2D eigenvalue weighted by Gasteiger charge is 2.21. The van der Waals surface area contributed by atoms with Crippen LogP contribution in [0, 0.1) is 0 Å². The van der Waals surface area contributed by atoms with Crippen molar-refractivity contribution in [2.75, 3.05) is 33.4 Å². The maximum Gasteiger partial charge on any atom is 0.118 e. The van der Waals surface area contributed by atoms with E-state index in [1.54, 1.807) is 7.11 Å². The molecule has 4 heteroatoms. The number of piperazine rings is 1. The van der Waals surface area contributed by atoms with Gasteiger partial charge in [0.2, 0.25) is 0 Å². The molecule has 1 heterocycles. The first-order valence-electron chi connectivity index (χ1n) is 5.97. The molecule has 1 fully saturated rings. The first-order chi connectivity index (χ1) is 8.33. The molecule has 3 nitrogen and oxygen atoms in total. The van der Waals surface area contributed by atoms with E-state index in [1.165, 1.54) is 5.56 Å². The second-order valence-electron chi connectivity index (χ2n) is 4.33. The van der Waals surface area contributed by atoms with Crippen molar-refractivity contribution < 1.29 is 9.13 Å². The van der Waals surface area contributed by atoms with Gasteiger partial charge in [0.05, 0.1) is 13.2 Å². The minimum absolute atomic E-state index is 0.00542. The summed E-state index contributed by atoms with van der Waals surface area (Å²) in [4.78, 5) is 2.19. The highest BCUT2D eigenvalue weighted by Crippen LogP contribution is 2.15. The summed E-state index contributed by atoms with van der Waals surface area (Å²) in [5.41, 5.74) is 1.20. The number of nitrogens with zero attached hydrogens (tertiary/aromatic N) is 1. The molecule has 17 heavy (non-hydrogen) atoms. The van der Waals surface area contributed by atoms with Gasteiger partial charge in [-0.15, -0.1) is 0 Å². The van der Waals surface area contributed by atoms with Gasteiger partial charge >= 0.3 is 0 Å². The number of ether oxygens (including phenoxy) is 1. The molecule has 1 aliphatic rings. The van der Waals surface area contributed by atoms with Crippen molar-refractivity contribution in [2.45, 2.75) is 12.6 Å². The van der Waals surface area contributed by atoms with Crippen LogP contribution >= 0.6 is 0 Å². The summed E-state index contributed by atoms with van der Waals surface area (Å²) in [6.45, 7) is 3.10. The van der Waals surface area contributed by atoms with E-state index in [0.29, 0.717) is 0 Å². The Balaban J connectivity index is 1.98. The Morgan fingerprint density at radius 1 is 1.41 bits per heavy atom. The number of benzene rings is 1. The van der Waals surface area contributed by atoms with Crippen LogP contribution in [0.4, 0.5) is 4.39 Å². The second-order valence-corrected chi connectivity index (χ2v) is 4.33. The fraction of sp³-hybridized carbons (Fsp3) is 0.538. The molecule has 1 saturated heterocycles. The van der Waals surface area contributed by atoms with E-state index in [2.05, 4.69) is 10.2 Å². The van der Waals surface area contributed by atoms with Gasteiger partial charge in [0.25, 0.3) is 0 Å². The summed E-state index contributed by atoms with van der Waals surface area (Å²) in [7, 11) is 1.66. The molecule has 0 unspecified atom stereocenters. The zero-order valence-corrected chi connectivity index (χ0v) is 10.2. The third kappa shape index (κ3) is 3.17. The van der Waals surface area contributed by atoms with Crippen molar-refractivity contribution >= 4 is 0 Å².